The van der Waals surface area contributed by atoms with Crippen LogP contribution in [0.1, 0.15) is 202 Å². The lowest BCUT2D eigenvalue weighted by molar-refractivity contribution is -0.119. The Balaban J connectivity index is 6.57. The van der Waals surface area contributed by atoms with E-state index < -0.39 is 70.2 Å². The normalized spacial score (nSPS) is 12.3. The standard InChI is InChI=1S/C55H105N7O13/c1-42(63)56-31-23-21-20-22-30-43(40-61(48(68)74-54(14,15)16)36-26-24-34-59(46(66)72-52(8,9)10)38-28-32-57-44(64)70-50(2,3)4)41-62(49(69)75-55(17,18)19)37-27-25-35-60(47(67)73-53(11,12)13)39-29-33-58-45(65)71-51(5,6)7/h43H,20-41H2,1-19H3,(H,56,63)(H,57,64)(H,58,65). The molecule has 0 radical (unpaired) electrons. The molecule has 7 amide bonds. The van der Waals surface area contributed by atoms with Crippen molar-refractivity contribution in [1.82, 2.24) is 35.6 Å². The van der Waals surface area contributed by atoms with E-state index >= 15 is 0 Å². The Labute approximate surface area is 452 Å². The van der Waals surface area contributed by atoms with Crippen LogP contribution < -0.4 is 16.0 Å². The number of hydrogen-bond acceptors (Lipinski definition) is 13. The maximum absolute atomic E-state index is 14.1. The predicted molar refractivity (Wildman–Crippen MR) is 293 cm³/mol. The van der Waals surface area contributed by atoms with Gasteiger partial charge in [0.15, 0.2) is 0 Å². The summed E-state index contributed by atoms with van der Waals surface area (Å²) >= 11 is 0. The zero-order valence-electron chi connectivity index (χ0n) is 50.2. The molecule has 0 bridgehead atoms. The first-order valence-corrected chi connectivity index (χ1v) is 27.3. The number of nitrogens with zero attached hydrogens (tertiary/aromatic N) is 4. The maximum atomic E-state index is 14.1. The van der Waals surface area contributed by atoms with Crippen LogP contribution in [0.15, 0.2) is 0 Å². The van der Waals surface area contributed by atoms with Crippen LogP contribution in [-0.2, 0) is 33.2 Å². The van der Waals surface area contributed by atoms with Gasteiger partial charge in [0.1, 0.15) is 33.6 Å². The van der Waals surface area contributed by atoms with Gasteiger partial charge in [-0.15, -0.1) is 0 Å². The molecule has 20 nitrogen and oxygen atoms in total. The fraction of sp³-hybridized carbons (Fsp3) is 0.873. The lowest BCUT2D eigenvalue weighted by atomic mass is 9.98. The van der Waals surface area contributed by atoms with Crippen molar-refractivity contribution in [2.45, 2.75) is 236 Å². The van der Waals surface area contributed by atoms with Gasteiger partial charge in [-0.1, -0.05) is 19.3 Å². The SMILES string of the molecule is CC(=O)NCCCCCCC(CN(CCCCN(CCCNC(=O)OC(C)(C)C)C(=O)OC(C)(C)C)C(=O)OC(C)(C)C)CN(CCCCN(CCCNC(=O)OC(C)(C)C)C(=O)OC(C)(C)C)C(=O)OC(C)(C)C. The second-order valence-electron chi connectivity index (χ2n) is 25.3. The molecular formula is C55H105N7O13. The van der Waals surface area contributed by atoms with Crippen LogP contribution in [0.4, 0.5) is 28.8 Å². The molecule has 438 valence electrons. The van der Waals surface area contributed by atoms with Crippen LogP contribution >= 0.6 is 0 Å². The second-order valence-corrected chi connectivity index (χ2v) is 25.3. The molecule has 0 heterocycles. The molecule has 75 heavy (non-hydrogen) atoms. The Bertz CT molecular complexity index is 1610. The molecule has 0 fully saturated rings. The fourth-order valence-corrected chi connectivity index (χ4v) is 7.21. The number of nitrogens with one attached hydrogen (secondary N) is 3. The largest absolute Gasteiger partial charge is 0.444 e. The zero-order chi connectivity index (χ0) is 57.8. The van der Waals surface area contributed by atoms with Gasteiger partial charge in [-0.25, -0.2) is 28.8 Å². The van der Waals surface area contributed by atoms with Crippen LogP contribution in [0.3, 0.4) is 0 Å². The van der Waals surface area contributed by atoms with Crippen molar-refractivity contribution < 1.29 is 62.0 Å². The minimum absolute atomic E-state index is 0.0742. The molecule has 0 aromatic heterocycles. The van der Waals surface area contributed by atoms with Gasteiger partial charge in [0, 0.05) is 78.9 Å². The number of hydrogen-bond donors (Lipinski definition) is 3. The fourth-order valence-electron chi connectivity index (χ4n) is 7.21. The van der Waals surface area contributed by atoms with Crippen molar-refractivity contribution >= 4 is 42.5 Å². The summed E-state index contributed by atoms with van der Waals surface area (Å²) in [6, 6.07) is 0. The van der Waals surface area contributed by atoms with Gasteiger partial charge in [-0.05, 0) is 182 Å². The van der Waals surface area contributed by atoms with Crippen LogP contribution in [0.25, 0.3) is 0 Å². The van der Waals surface area contributed by atoms with Crippen molar-refractivity contribution in [3.05, 3.63) is 0 Å². The first-order chi connectivity index (χ1) is 34.2. The number of rotatable bonds is 29. The molecule has 0 aliphatic heterocycles. The molecule has 0 aromatic rings. The van der Waals surface area contributed by atoms with Crippen molar-refractivity contribution in [1.29, 1.82) is 0 Å². The van der Waals surface area contributed by atoms with Gasteiger partial charge in [-0.3, -0.25) is 4.79 Å². The number of ether oxygens (including phenoxy) is 6. The van der Waals surface area contributed by atoms with Crippen LogP contribution in [0, 0.1) is 5.92 Å². The summed E-state index contributed by atoms with van der Waals surface area (Å²) in [5.74, 6) is -0.276. The Morgan fingerprint density at radius 3 is 0.907 bits per heavy atom. The minimum Gasteiger partial charge on any atom is -0.444 e. The maximum Gasteiger partial charge on any atom is 0.410 e. The van der Waals surface area contributed by atoms with E-state index in [0.29, 0.717) is 104 Å². The topological polar surface area (TPSA) is 224 Å². The van der Waals surface area contributed by atoms with E-state index in [2.05, 4.69) is 16.0 Å². The smallest absolute Gasteiger partial charge is 0.410 e. The molecule has 0 aliphatic rings. The molecule has 3 N–H and O–H groups in total. The summed E-state index contributed by atoms with van der Waals surface area (Å²) in [6.07, 6.45) is 4.05. The van der Waals surface area contributed by atoms with E-state index in [4.69, 9.17) is 28.4 Å². The van der Waals surface area contributed by atoms with Crippen LogP contribution in [0.2, 0.25) is 0 Å². The third-order valence-electron chi connectivity index (χ3n) is 10.2. The lowest BCUT2D eigenvalue weighted by Crippen LogP contribution is -2.45. The summed E-state index contributed by atoms with van der Waals surface area (Å²) < 4.78 is 34.1. The van der Waals surface area contributed by atoms with E-state index in [9.17, 15) is 33.6 Å². The highest BCUT2D eigenvalue weighted by Crippen LogP contribution is 2.21. The van der Waals surface area contributed by atoms with E-state index in [1.807, 2.05) is 41.5 Å². The average Bonchev–Trinajstić information content (AvgIpc) is 3.19. The van der Waals surface area contributed by atoms with Gasteiger partial charge in [0.05, 0.1) is 0 Å². The molecule has 0 saturated carbocycles. The highest BCUT2D eigenvalue weighted by Gasteiger charge is 2.30. The third-order valence-corrected chi connectivity index (χ3v) is 10.2. The van der Waals surface area contributed by atoms with E-state index in [1.54, 1.807) is 103 Å². The summed E-state index contributed by atoms with van der Waals surface area (Å²) in [5, 5.41) is 8.33. The average molecular weight is 1070 g/mol. The molecular weight excluding hydrogens is 967 g/mol. The number of unbranched alkanes of at least 4 members (excludes halogenated alkanes) is 5. The highest BCUT2D eigenvalue weighted by atomic mass is 16.6. The second kappa shape index (κ2) is 33.3. The first kappa shape index (κ1) is 70.1. The molecule has 0 atom stereocenters. The minimum atomic E-state index is -0.788. The van der Waals surface area contributed by atoms with Gasteiger partial charge >= 0.3 is 36.6 Å². The molecule has 0 aliphatic carbocycles. The van der Waals surface area contributed by atoms with Crippen molar-refractivity contribution in [2.24, 2.45) is 5.92 Å². The molecule has 0 spiro atoms. The molecule has 0 aromatic carbocycles. The Morgan fingerprint density at radius 1 is 0.333 bits per heavy atom. The lowest BCUT2D eigenvalue weighted by Gasteiger charge is -2.34. The number of amides is 7. The van der Waals surface area contributed by atoms with Crippen molar-refractivity contribution in [3.63, 3.8) is 0 Å². The van der Waals surface area contributed by atoms with Crippen LogP contribution in [-0.4, -0.2) is 168 Å². The van der Waals surface area contributed by atoms with E-state index in [1.165, 1.54) is 6.92 Å². The number of carbonyl (C=O) groups excluding carboxylic acids is 7. The molecule has 20 heteroatoms. The molecule has 0 rings (SSSR count). The monoisotopic (exact) mass is 1070 g/mol. The van der Waals surface area contributed by atoms with E-state index in [0.717, 1.165) is 25.7 Å². The van der Waals surface area contributed by atoms with Crippen LogP contribution in [0.5, 0.6) is 0 Å². The Hall–Kier alpha value is -4.91. The predicted octanol–water partition coefficient (Wildman–Crippen LogP) is 11.0. The number of alkyl carbamates (subject to hydrolysis) is 2. The van der Waals surface area contributed by atoms with Crippen molar-refractivity contribution in [2.75, 3.05) is 72.0 Å². The molecule has 0 saturated heterocycles. The Morgan fingerprint density at radius 2 is 0.600 bits per heavy atom. The van der Waals surface area contributed by atoms with Gasteiger partial charge in [0.2, 0.25) is 5.91 Å². The summed E-state index contributed by atoms with van der Waals surface area (Å²) in [4.78, 5) is 97.6. The zero-order valence-corrected chi connectivity index (χ0v) is 50.2. The van der Waals surface area contributed by atoms with Gasteiger partial charge < -0.3 is 64.0 Å². The van der Waals surface area contributed by atoms with Gasteiger partial charge in [-0.2, -0.15) is 0 Å². The van der Waals surface area contributed by atoms with Gasteiger partial charge in [0.25, 0.3) is 0 Å². The van der Waals surface area contributed by atoms with E-state index in [-0.39, 0.29) is 24.9 Å². The quantitative estimate of drug-likeness (QED) is 0.0469. The summed E-state index contributed by atoms with van der Waals surface area (Å²) in [6.45, 7) is 37.6. The number of carbonyl (C=O) groups is 7. The highest BCUT2D eigenvalue weighted by molar-refractivity contribution is 5.73. The third kappa shape index (κ3) is 41.0. The van der Waals surface area contributed by atoms with Crippen molar-refractivity contribution in [3.8, 4) is 0 Å². The summed E-state index contributed by atoms with van der Waals surface area (Å²) in [5.41, 5.74) is -4.32. The summed E-state index contributed by atoms with van der Waals surface area (Å²) in [7, 11) is 0. The first-order valence-electron chi connectivity index (χ1n) is 27.3. The molecule has 0 unspecified atom stereocenters. The Kier molecular flexibility index (Phi) is 31.1.